The zero-order chi connectivity index (χ0) is 11.7. The number of allylic oxidation sites excluding steroid dienone is 1. The Kier molecular flexibility index (Phi) is 3.61. The van der Waals surface area contributed by atoms with Gasteiger partial charge in [-0.1, -0.05) is 25.5 Å². The number of sulfone groups is 1. The number of nitrogens with two attached hydrogens (primary N) is 1. The van der Waals surface area contributed by atoms with Crippen molar-refractivity contribution >= 4 is 9.84 Å². The predicted molar refractivity (Wildman–Crippen MR) is 63.4 cm³/mol. The highest BCUT2D eigenvalue weighted by molar-refractivity contribution is 7.90. The molecule has 1 atom stereocenters. The van der Waals surface area contributed by atoms with Crippen molar-refractivity contribution in [2.75, 3.05) is 12.0 Å². The lowest BCUT2D eigenvalue weighted by atomic mass is 9.75. The quantitative estimate of drug-likeness (QED) is 0.749. The molecule has 1 aliphatic rings. The fourth-order valence-corrected chi connectivity index (χ4v) is 2.87. The van der Waals surface area contributed by atoms with Crippen molar-refractivity contribution in [2.24, 2.45) is 11.1 Å². The van der Waals surface area contributed by atoms with Gasteiger partial charge in [-0.05, 0) is 24.7 Å². The molecule has 3 nitrogen and oxygen atoms in total. The lowest BCUT2D eigenvalue weighted by molar-refractivity contribution is 0.299. The van der Waals surface area contributed by atoms with Gasteiger partial charge in [-0.25, -0.2) is 8.42 Å². The zero-order valence-corrected chi connectivity index (χ0v) is 10.6. The summed E-state index contributed by atoms with van der Waals surface area (Å²) in [5.41, 5.74) is 7.32. The van der Waals surface area contributed by atoms with Crippen LogP contribution in [0, 0.1) is 5.41 Å². The van der Waals surface area contributed by atoms with E-state index in [1.807, 2.05) is 6.08 Å². The summed E-state index contributed by atoms with van der Waals surface area (Å²) in [5.74, 6) is 0.238. The third-order valence-electron chi connectivity index (χ3n) is 2.74. The highest BCUT2D eigenvalue weighted by atomic mass is 32.2. The average Bonchev–Trinajstić information content (AvgIpc) is 1.95. The summed E-state index contributed by atoms with van der Waals surface area (Å²) in [5, 5.41) is 0. The van der Waals surface area contributed by atoms with Crippen molar-refractivity contribution in [2.45, 2.75) is 39.2 Å². The molecule has 1 aliphatic carbocycles. The van der Waals surface area contributed by atoms with E-state index in [1.54, 1.807) is 0 Å². The largest absolute Gasteiger partial charge is 0.324 e. The molecule has 2 N–H and O–H groups in total. The molecule has 0 amide bonds. The monoisotopic (exact) mass is 231 g/mol. The van der Waals surface area contributed by atoms with Crippen molar-refractivity contribution < 1.29 is 8.42 Å². The Bertz CT molecular complexity index is 355. The Labute approximate surface area is 92.7 Å². The molecule has 0 radical (unpaired) electrons. The Morgan fingerprint density at radius 3 is 2.60 bits per heavy atom. The van der Waals surface area contributed by atoms with E-state index in [2.05, 4.69) is 13.8 Å². The van der Waals surface area contributed by atoms with E-state index in [9.17, 15) is 8.42 Å². The summed E-state index contributed by atoms with van der Waals surface area (Å²) in [6.45, 7) is 4.36. The van der Waals surface area contributed by atoms with Gasteiger partial charge in [0.1, 0.15) is 9.84 Å². The van der Waals surface area contributed by atoms with Gasteiger partial charge in [-0.15, -0.1) is 0 Å². The topological polar surface area (TPSA) is 60.2 Å². The first-order chi connectivity index (χ1) is 6.68. The highest BCUT2D eigenvalue weighted by Crippen LogP contribution is 2.35. The van der Waals surface area contributed by atoms with Crippen LogP contribution in [0.2, 0.25) is 0 Å². The summed E-state index contributed by atoms with van der Waals surface area (Å²) < 4.78 is 22.1. The Hall–Kier alpha value is -0.350. The van der Waals surface area contributed by atoms with Crippen LogP contribution < -0.4 is 5.73 Å². The average molecular weight is 231 g/mol. The highest BCUT2D eigenvalue weighted by Gasteiger charge is 2.26. The maximum Gasteiger partial charge on any atom is 0.147 e. The molecule has 0 fully saturated rings. The molecule has 15 heavy (non-hydrogen) atoms. The van der Waals surface area contributed by atoms with Crippen molar-refractivity contribution in [3.05, 3.63) is 11.6 Å². The first-order valence-corrected chi connectivity index (χ1v) is 7.37. The number of rotatable bonds is 3. The van der Waals surface area contributed by atoms with Gasteiger partial charge >= 0.3 is 0 Å². The molecule has 1 unspecified atom stereocenters. The van der Waals surface area contributed by atoms with E-state index < -0.39 is 9.84 Å². The number of hydrogen-bond donors (Lipinski definition) is 1. The third kappa shape index (κ3) is 4.80. The molecule has 0 aromatic carbocycles. The summed E-state index contributed by atoms with van der Waals surface area (Å²) in [7, 11) is -2.86. The van der Waals surface area contributed by atoms with Gasteiger partial charge in [-0.2, -0.15) is 0 Å². The second-order valence-corrected chi connectivity index (χ2v) is 7.67. The lowest BCUT2D eigenvalue weighted by Crippen LogP contribution is -2.31. The molecule has 0 bridgehead atoms. The van der Waals surface area contributed by atoms with Gasteiger partial charge in [0.2, 0.25) is 0 Å². The Morgan fingerprint density at radius 1 is 1.53 bits per heavy atom. The van der Waals surface area contributed by atoms with E-state index in [1.165, 1.54) is 11.8 Å². The van der Waals surface area contributed by atoms with E-state index in [0.717, 1.165) is 12.8 Å². The van der Waals surface area contributed by atoms with E-state index >= 15 is 0 Å². The predicted octanol–water partition coefficient (Wildman–Crippen LogP) is 1.49. The van der Waals surface area contributed by atoms with E-state index in [0.29, 0.717) is 6.42 Å². The van der Waals surface area contributed by atoms with Crippen LogP contribution in [0.1, 0.15) is 33.1 Å². The van der Waals surface area contributed by atoms with Gasteiger partial charge in [0.15, 0.2) is 0 Å². The Balaban J connectivity index is 2.63. The second kappa shape index (κ2) is 4.26. The molecule has 0 heterocycles. The molecule has 0 saturated heterocycles. The second-order valence-electron chi connectivity index (χ2n) is 5.41. The maximum absolute atomic E-state index is 11.1. The SMILES string of the molecule is CC1(C)CC(CCS(C)(=O)=O)=CC(N)C1. The van der Waals surface area contributed by atoms with Crippen molar-refractivity contribution in [1.82, 2.24) is 0 Å². The molecule has 0 spiro atoms. The standard InChI is InChI=1S/C11H21NO2S/c1-11(2)7-9(6-10(12)8-11)4-5-15(3,13)14/h6,10H,4-5,7-8,12H2,1-3H3. The fraction of sp³-hybridized carbons (Fsp3) is 0.818. The molecule has 0 aromatic rings. The zero-order valence-electron chi connectivity index (χ0n) is 9.79. The van der Waals surface area contributed by atoms with Crippen LogP contribution in [-0.2, 0) is 9.84 Å². The van der Waals surface area contributed by atoms with Crippen LogP contribution in [0.25, 0.3) is 0 Å². The molecular formula is C11H21NO2S. The van der Waals surface area contributed by atoms with Gasteiger partial charge in [0, 0.05) is 12.3 Å². The van der Waals surface area contributed by atoms with E-state index in [-0.39, 0.29) is 17.2 Å². The van der Waals surface area contributed by atoms with Crippen molar-refractivity contribution in [3.63, 3.8) is 0 Å². The normalized spacial score (nSPS) is 26.1. The molecule has 1 rings (SSSR count). The van der Waals surface area contributed by atoms with Crippen LogP contribution in [0.5, 0.6) is 0 Å². The first-order valence-electron chi connectivity index (χ1n) is 5.31. The van der Waals surface area contributed by atoms with Gasteiger partial charge < -0.3 is 5.73 Å². The molecule has 0 aliphatic heterocycles. The van der Waals surface area contributed by atoms with Crippen LogP contribution in [0.15, 0.2) is 11.6 Å². The van der Waals surface area contributed by atoms with Gasteiger partial charge in [0.25, 0.3) is 0 Å². The third-order valence-corrected chi connectivity index (χ3v) is 3.68. The minimum absolute atomic E-state index is 0.0864. The van der Waals surface area contributed by atoms with Gasteiger partial charge in [-0.3, -0.25) is 0 Å². The number of hydrogen-bond acceptors (Lipinski definition) is 3. The van der Waals surface area contributed by atoms with Gasteiger partial charge in [0.05, 0.1) is 5.75 Å². The summed E-state index contributed by atoms with van der Waals surface area (Å²) in [4.78, 5) is 0. The molecule has 88 valence electrons. The minimum Gasteiger partial charge on any atom is -0.324 e. The van der Waals surface area contributed by atoms with E-state index in [4.69, 9.17) is 5.73 Å². The molecule has 0 aromatic heterocycles. The van der Waals surface area contributed by atoms with Crippen LogP contribution >= 0.6 is 0 Å². The van der Waals surface area contributed by atoms with Crippen molar-refractivity contribution in [3.8, 4) is 0 Å². The summed E-state index contributed by atoms with van der Waals surface area (Å²) >= 11 is 0. The summed E-state index contributed by atoms with van der Waals surface area (Å²) in [6.07, 6.45) is 5.90. The molecular weight excluding hydrogens is 210 g/mol. The first kappa shape index (κ1) is 12.7. The molecule has 0 saturated carbocycles. The van der Waals surface area contributed by atoms with Crippen LogP contribution in [0.3, 0.4) is 0 Å². The smallest absolute Gasteiger partial charge is 0.147 e. The summed E-state index contributed by atoms with van der Waals surface area (Å²) in [6, 6.07) is 0.0864. The minimum atomic E-state index is -2.86. The maximum atomic E-state index is 11.1. The van der Waals surface area contributed by atoms with Crippen LogP contribution in [-0.4, -0.2) is 26.5 Å². The Morgan fingerprint density at radius 2 is 2.13 bits per heavy atom. The van der Waals surface area contributed by atoms with Crippen LogP contribution in [0.4, 0.5) is 0 Å². The van der Waals surface area contributed by atoms with Crippen molar-refractivity contribution in [1.29, 1.82) is 0 Å². The molecule has 4 heteroatoms. The fourth-order valence-electron chi connectivity index (χ4n) is 2.23. The lowest BCUT2D eigenvalue weighted by Gasteiger charge is -2.33.